The predicted molar refractivity (Wildman–Crippen MR) is 98.8 cm³/mol. The molecule has 0 bridgehead atoms. The van der Waals surface area contributed by atoms with Gasteiger partial charge in [0.25, 0.3) is 10.0 Å². The van der Waals surface area contributed by atoms with E-state index in [1.54, 1.807) is 47.3 Å². The first kappa shape index (κ1) is 17.3. The van der Waals surface area contributed by atoms with Gasteiger partial charge >= 0.3 is 0 Å². The van der Waals surface area contributed by atoms with E-state index >= 15 is 0 Å². The van der Waals surface area contributed by atoms with Gasteiger partial charge in [-0.2, -0.15) is 0 Å². The fourth-order valence-corrected chi connectivity index (χ4v) is 3.18. The smallest absolute Gasteiger partial charge is 0.255 e. The van der Waals surface area contributed by atoms with Gasteiger partial charge in [-0.05, 0) is 54.1 Å². The molecule has 0 aliphatic carbocycles. The number of sulfonamides is 1. The Hall–Kier alpha value is -2.57. The summed E-state index contributed by atoms with van der Waals surface area (Å²) in [6.45, 7) is 0. The predicted octanol–water partition coefficient (Wildman–Crippen LogP) is 4.68. The molecule has 0 aliphatic rings. The third-order valence-electron chi connectivity index (χ3n) is 3.41. The van der Waals surface area contributed by atoms with Crippen molar-refractivity contribution in [2.75, 3.05) is 4.72 Å². The Morgan fingerprint density at radius 1 is 1.04 bits per heavy atom. The van der Waals surface area contributed by atoms with Gasteiger partial charge in [-0.1, -0.05) is 23.7 Å². The molecule has 0 spiro atoms. The van der Waals surface area contributed by atoms with Gasteiger partial charge < -0.3 is 4.57 Å². The molecule has 1 N–H and O–H groups in total. The minimum atomic E-state index is -3.86. The Labute approximate surface area is 150 Å². The van der Waals surface area contributed by atoms with E-state index in [2.05, 4.69) is 4.72 Å². The fourth-order valence-electron chi connectivity index (χ4n) is 2.19. The lowest BCUT2D eigenvalue weighted by atomic mass is 10.2. The van der Waals surface area contributed by atoms with Crippen molar-refractivity contribution in [3.05, 3.63) is 88.8 Å². The van der Waals surface area contributed by atoms with Crippen LogP contribution in [0.5, 0.6) is 0 Å². The van der Waals surface area contributed by atoms with Crippen molar-refractivity contribution < 1.29 is 12.8 Å². The van der Waals surface area contributed by atoms with Gasteiger partial charge in [-0.3, -0.25) is 4.72 Å². The SMILES string of the molecule is O=S(=O)(/C=C/c1ccc(Cl)cc1)Nc1cc(-n2cccc2)ccc1F. The standard InChI is InChI=1S/C18H14ClFN2O2S/c19-15-5-3-14(4-6-15)9-12-25(23,24)21-18-13-16(7-8-17(18)20)22-10-1-2-11-22/h1-13,21H/b12-9+. The zero-order chi connectivity index (χ0) is 17.9. The summed E-state index contributed by atoms with van der Waals surface area (Å²) in [6.07, 6.45) is 4.98. The van der Waals surface area contributed by atoms with Crippen LogP contribution in [0.3, 0.4) is 0 Å². The number of hydrogen-bond acceptors (Lipinski definition) is 2. The van der Waals surface area contributed by atoms with Crippen LogP contribution >= 0.6 is 11.6 Å². The highest BCUT2D eigenvalue weighted by Crippen LogP contribution is 2.21. The highest BCUT2D eigenvalue weighted by atomic mass is 35.5. The van der Waals surface area contributed by atoms with Crippen LogP contribution in [0.1, 0.15) is 5.56 Å². The molecule has 4 nitrogen and oxygen atoms in total. The second-order valence-corrected chi connectivity index (χ2v) is 7.26. The number of nitrogens with one attached hydrogen (secondary N) is 1. The highest BCUT2D eigenvalue weighted by Gasteiger charge is 2.11. The molecule has 0 aliphatic heterocycles. The van der Waals surface area contributed by atoms with Gasteiger partial charge in [0.05, 0.1) is 11.1 Å². The summed E-state index contributed by atoms with van der Waals surface area (Å²) >= 11 is 5.79. The Bertz CT molecular complexity index is 998. The lowest BCUT2D eigenvalue weighted by Crippen LogP contribution is -2.10. The Balaban J connectivity index is 1.83. The molecule has 128 valence electrons. The molecule has 0 atom stereocenters. The van der Waals surface area contributed by atoms with E-state index in [0.29, 0.717) is 16.3 Å². The van der Waals surface area contributed by atoms with Gasteiger partial charge in [0, 0.05) is 23.1 Å². The van der Waals surface area contributed by atoms with Crippen LogP contribution in [0.2, 0.25) is 5.02 Å². The van der Waals surface area contributed by atoms with Gasteiger partial charge in [0.2, 0.25) is 0 Å². The van der Waals surface area contributed by atoms with Crippen LogP contribution in [0.15, 0.2) is 72.4 Å². The molecule has 0 unspecified atom stereocenters. The van der Waals surface area contributed by atoms with Crippen molar-refractivity contribution in [1.82, 2.24) is 4.57 Å². The van der Waals surface area contributed by atoms with Crippen molar-refractivity contribution in [2.24, 2.45) is 0 Å². The maximum Gasteiger partial charge on any atom is 0.255 e. The number of aromatic nitrogens is 1. The third kappa shape index (κ3) is 4.49. The molecule has 0 fully saturated rings. The second-order valence-electron chi connectivity index (χ2n) is 5.26. The summed E-state index contributed by atoms with van der Waals surface area (Å²) in [5.74, 6) is -0.653. The van der Waals surface area contributed by atoms with Crippen molar-refractivity contribution in [2.45, 2.75) is 0 Å². The minimum Gasteiger partial charge on any atom is -0.324 e. The molecule has 3 rings (SSSR count). The summed E-state index contributed by atoms with van der Waals surface area (Å²) in [6, 6.07) is 14.5. The molecular weight excluding hydrogens is 363 g/mol. The summed E-state index contributed by atoms with van der Waals surface area (Å²) in [7, 11) is -3.86. The minimum absolute atomic E-state index is 0.119. The fraction of sp³-hybridized carbons (Fsp3) is 0. The summed E-state index contributed by atoms with van der Waals surface area (Å²) in [5, 5.41) is 1.54. The van der Waals surface area contributed by atoms with E-state index in [1.807, 2.05) is 12.1 Å². The van der Waals surface area contributed by atoms with Crippen molar-refractivity contribution in [3.8, 4) is 5.69 Å². The highest BCUT2D eigenvalue weighted by molar-refractivity contribution is 7.95. The maximum atomic E-state index is 14.0. The topological polar surface area (TPSA) is 51.1 Å². The number of nitrogens with zero attached hydrogens (tertiary/aromatic N) is 1. The molecule has 1 aromatic heterocycles. The maximum absolute atomic E-state index is 14.0. The normalized spacial score (nSPS) is 11.8. The van der Waals surface area contributed by atoms with Crippen molar-refractivity contribution in [1.29, 1.82) is 0 Å². The largest absolute Gasteiger partial charge is 0.324 e. The van der Waals surface area contributed by atoms with Crippen molar-refractivity contribution >= 4 is 33.4 Å². The summed E-state index contributed by atoms with van der Waals surface area (Å²) < 4.78 is 42.4. The Morgan fingerprint density at radius 3 is 2.40 bits per heavy atom. The molecule has 0 amide bonds. The van der Waals surface area contributed by atoms with Crippen LogP contribution in [0.25, 0.3) is 11.8 Å². The second kappa shape index (κ2) is 7.13. The molecule has 25 heavy (non-hydrogen) atoms. The van der Waals surface area contributed by atoms with Crippen molar-refractivity contribution in [3.63, 3.8) is 0 Å². The van der Waals surface area contributed by atoms with E-state index in [0.717, 1.165) is 5.41 Å². The van der Waals surface area contributed by atoms with Crippen LogP contribution in [-0.4, -0.2) is 13.0 Å². The lowest BCUT2D eigenvalue weighted by molar-refractivity contribution is 0.606. The number of halogens is 2. The number of anilines is 1. The Morgan fingerprint density at radius 2 is 1.72 bits per heavy atom. The van der Waals surface area contributed by atoms with Crippen LogP contribution < -0.4 is 4.72 Å². The van der Waals surface area contributed by atoms with E-state index in [1.165, 1.54) is 18.2 Å². The molecule has 1 heterocycles. The zero-order valence-corrected chi connectivity index (χ0v) is 14.5. The zero-order valence-electron chi connectivity index (χ0n) is 12.9. The quantitative estimate of drug-likeness (QED) is 0.702. The van der Waals surface area contributed by atoms with Gasteiger partial charge in [0.15, 0.2) is 0 Å². The van der Waals surface area contributed by atoms with E-state index < -0.39 is 15.8 Å². The van der Waals surface area contributed by atoms with Gasteiger partial charge in [-0.15, -0.1) is 0 Å². The monoisotopic (exact) mass is 376 g/mol. The Kier molecular flexibility index (Phi) is 4.92. The lowest BCUT2D eigenvalue weighted by Gasteiger charge is -2.09. The van der Waals surface area contributed by atoms with Gasteiger partial charge in [-0.25, -0.2) is 12.8 Å². The first-order valence-electron chi connectivity index (χ1n) is 7.32. The first-order valence-corrected chi connectivity index (χ1v) is 9.25. The number of hydrogen-bond donors (Lipinski definition) is 1. The summed E-state index contributed by atoms with van der Waals surface area (Å²) in [4.78, 5) is 0. The number of benzene rings is 2. The molecule has 7 heteroatoms. The van der Waals surface area contributed by atoms with Crippen LogP contribution in [0.4, 0.5) is 10.1 Å². The van der Waals surface area contributed by atoms with Crippen LogP contribution in [0, 0.1) is 5.82 Å². The molecular formula is C18H14ClFN2O2S. The molecule has 0 radical (unpaired) electrons. The average molecular weight is 377 g/mol. The average Bonchev–Trinajstić information content (AvgIpc) is 3.11. The summed E-state index contributed by atoms with van der Waals surface area (Å²) in [5.41, 5.74) is 1.19. The molecule has 2 aromatic carbocycles. The first-order chi connectivity index (χ1) is 11.9. The van der Waals surface area contributed by atoms with E-state index in [-0.39, 0.29) is 5.69 Å². The third-order valence-corrected chi connectivity index (χ3v) is 4.67. The molecule has 0 saturated heterocycles. The van der Waals surface area contributed by atoms with E-state index in [4.69, 9.17) is 11.6 Å². The van der Waals surface area contributed by atoms with Crippen LogP contribution in [-0.2, 0) is 10.0 Å². The molecule has 0 saturated carbocycles. The number of rotatable bonds is 5. The molecule has 3 aromatic rings. The van der Waals surface area contributed by atoms with Gasteiger partial charge in [0.1, 0.15) is 5.82 Å². The van der Waals surface area contributed by atoms with E-state index in [9.17, 15) is 12.8 Å².